The molecule has 0 saturated heterocycles. The molecule has 0 saturated carbocycles. The van der Waals surface area contributed by atoms with Crippen molar-refractivity contribution in [1.82, 2.24) is 0 Å². The number of aromatic hydroxyl groups is 1. The average molecular weight is 424 g/mol. The number of nitrogens with zero attached hydrogens (tertiary/aromatic N) is 1. The topological polar surface area (TPSA) is 129 Å². The third-order valence-electron chi connectivity index (χ3n) is 4.59. The Kier molecular flexibility index (Phi) is 8.46. The first-order valence-corrected chi connectivity index (χ1v) is 9.58. The fourth-order valence-electron chi connectivity index (χ4n) is 2.98. The molecule has 0 heterocycles. The molecular weight excluding hydrogens is 400 g/mol. The summed E-state index contributed by atoms with van der Waals surface area (Å²) in [5.74, 6) is -0.999. The number of nitrogens with one attached hydrogen (secondary N) is 1. The minimum Gasteiger partial charge on any atom is -0.504 e. The lowest BCUT2D eigenvalue weighted by Crippen LogP contribution is -2.22. The number of aliphatic carboxylic acids is 1. The maximum atomic E-state index is 12.5. The van der Waals surface area contributed by atoms with Gasteiger partial charge in [-0.05, 0) is 60.7 Å². The lowest BCUT2D eigenvalue weighted by molar-refractivity contribution is -0.131. The minimum absolute atomic E-state index is 0.0842. The van der Waals surface area contributed by atoms with Crippen molar-refractivity contribution in [2.45, 2.75) is 25.9 Å². The SMILES string of the molecule is COc1ccc([C@H](OC(=O)Nc2ccc(C#N)cc2)[C@@H](C)CC/C=C/C(=O)O)cc1O. The Morgan fingerprint density at radius 3 is 2.52 bits per heavy atom. The van der Waals surface area contributed by atoms with Crippen LogP contribution in [0.1, 0.15) is 37.0 Å². The van der Waals surface area contributed by atoms with Gasteiger partial charge in [-0.25, -0.2) is 9.59 Å². The predicted molar refractivity (Wildman–Crippen MR) is 114 cm³/mol. The van der Waals surface area contributed by atoms with Gasteiger partial charge in [0.1, 0.15) is 6.10 Å². The summed E-state index contributed by atoms with van der Waals surface area (Å²) < 4.78 is 10.7. The summed E-state index contributed by atoms with van der Waals surface area (Å²) in [6.07, 6.45) is 2.24. The van der Waals surface area contributed by atoms with E-state index in [0.29, 0.717) is 35.4 Å². The Bertz CT molecular complexity index is 979. The normalized spacial score (nSPS) is 12.5. The molecule has 2 rings (SSSR count). The molecule has 0 unspecified atom stereocenters. The van der Waals surface area contributed by atoms with Crippen LogP contribution in [0.2, 0.25) is 0 Å². The number of rotatable bonds is 9. The zero-order chi connectivity index (χ0) is 22.8. The number of carbonyl (C=O) groups is 2. The number of carboxylic acid groups (broad SMARTS) is 1. The van der Waals surface area contributed by atoms with Gasteiger partial charge in [0.15, 0.2) is 11.5 Å². The number of allylic oxidation sites excluding steroid dienone is 1. The molecule has 0 aromatic heterocycles. The number of hydrogen-bond donors (Lipinski definition) is 3. The van der Waals surface area contributed by atoms with E-state index in [-0.39, 0.29) is 11.7 Å². The summed E-state index contributed by atoms with van der Waals surface area (Å²) in [6, 6.07) is 13.1. The number of carboxylic acids is 1. The van der Waals surface area contributed by atoms with Crippen molar-refractivity contribution in [2.75, 3.05) is 12.4 Å². The largest absolute Gasteiger partial charge is 0.504 e. The number of hydrogen-bond acceptors (Lipinski definition) is 6. The van der Waals surface area contributed by atoms with E-state index in [1.165, 1.54) is 19.3 Å². The van der Waals surface area contributed by atoms with Crippen LogP contribution in [0.3, 0.4) is 0 Å². The van der Waals surface area contributed by atoms with Gasteiger partial charge in [-0.15, -0.1) is 0 Å². The molecule has 8 nitrogen and oxygen atoms in total. The number of amides is 1. The summed E-state index contributed by atoms with van der Waals surface area (Å²) in [4.78, 5) is 23.1. The van der Waals surface area contributed by atoms with Crippen LogP contribution in [0.5, 0.6) is 11.5 Å². The van der Waals surface area contributed by atoms with E-state index >= 15 is 0 Å². The van der Waals surface area contributed by atoms with E-state index in [9.17, 15) is 14.7 Å². The smallest absolute Gasteiger partial charge is 0.412 e. The van der Waals surface area contributed by atoms with Crippen molar-refractivity contribution in [3.63, 3.8) is 0 Å². The van der Waals surface area contributed by atoms with Crippen molar-refractivity contribution in [3.05, 3.63) is 65.7 Å². The van der Waals surface area contributed by atoms with Crippen LogP contribution in [0.15, 0.2) is 54.6 Å². The van der Waals surface area contributed by atoms with Crippen molar-refractivity contribution in [1.29, 1.82) is 5.26 Å². The van der Waals surface area contributed by atoms with Crippen molar-refractivity contribution in [2.24, 2.45) is 5.92 Å². The molecule has 162 valence electrons. The van der Waals surface area contributed by atoms with Crippen LogP contribution in [-0.4, -0.2) is 29.4 Å². The number of phenols is 1. The van der Waals surface area contributed by atoms with Gasteiger partial charge in [-0.1, -0.05) is 19.1 Å². The van der Waals surface area contributed by atoms with Crippen LogP contribution >= 0.6 is 0 Å². The van der Waals surface area contributed by atoms with Crippen molar-refractivity contribution in [3.8, 4) is 17.6 Å². The fourth-order valence-corrected chi connectivity index (χ4v) is 2.98. The van der Waals surface area contributed by atoms with Gasteiger partial charge in [0, 0.05) is 11.8 Å². The molecule has 2 aromatic carbocycles. The zero-order valence-electron chi connectivity index (χ0n) is 17.2. The van der Waals surface area contributed by atoms with Gasteiger partial charge in [0.05, 0.1) is 18.7 Å². The molecule has 0 radical (unpaired) electrons. The maximum absolute atomic E-state index is 12.5. The fraction of sp³-hybridized carbons (Fsp3) is 0.261. The summed E-state index contributed by atoms with van der Waals surface area (Å²) in [5.41, 5.74) is 1.51. The standard InChI is InChI=1S/C23H24N2O6/c1-15(5-3-4-6-21(27)28)22(17-9-12-20(30-2)19(26)13-17)31-23(29)25-18-10-7-16(14-24)8-11-18/h4,6-13,15,22,26H,3,5H2,1-2H3,(H,25,29)(H,27,28)/b6-4+/t15-,22+/m0/s1. The van der Waals surface area contributed by atoms with Crippen molar-refractivity contribution >= 4 is 17.7 Å². The number of benzene rings is 2. The second-order valence-electron chi connectivity index (χ2n) is 6.87. The molecule has 8 heteroatoms. The second-order valence-corrected chi connectivity index (χ2v) is 6.87. The molecule has 0 spiro atoms. The van der Waals surface area contributed by atoms with E-state index in [1.54, 1.807) is 36.4 Å². The van der Waals surface area contributed by atoms with Crippen molar-refractivity contribution < 1.29 is 29.3 Å². The highest BCUT2D eigenvalue weighted by Gasteiger charge is 2.24. The highest BCUT2D eigenvalue weighted by Crippen LogP contribution is 2.35. The van der Waals surface area contributed by atoms with Gasteiger partial charge in [0.2, 0.25) is 0 Å². The van der Waals surface area contributed by atoms with Crippen LogP contribution < -0.4 is 10.1 Å². The Morgan fingerprint density at radius 1 is 1.23 bits per heavy atom. The van der Waals surface area contributed by atoms with Crippen LogP contribution in [-0.2, 0) is 9.53 Å². The Balaban J connectivity index is 2.17. The number of nitriles is 1. The first-order chi connectivity index (χ1) is 14.8. The number of carbonyl (C=O) groups excluding carboxylic acids is 1. The second kappa shape index (κ2) is 11.3. The number of methoxy groups -OCH3 is 1. The van der Waals surface area contributed by atoms with Gasteiger partial charge in [0.25, 0.3) is 0 Å². The van der Waals surface area contributed by atoms with Gasteiger partial charge in [-0.3, -0.25) is 5.32 Å². The summed E-state index contributed by atoms with van der Waals surface area (Å²) in [5, 5.41) is 30.3. The Labute approximate surface area is 180 Å². The first kappa shape index (κ1) is 23.3. The number of phenolic OH excluding ortho intramolecular Hbond substituents is 1. The molecule has 31 heavy (non-hydrogen) atoms. The van der Waals surface area contributed by atoms with E-state index in [1.807, 2.05) is 13.0 Å². The first-order valence-electron chi connectivity index (χ1n) is 9.58. The van der Waals surface area contributed by atoms with Gasteiger partial charge in [-0.2, -0.15) is 5.26 Å². The third-order valence-corrected chi connectivity index (χ3v) is 4.59. The van der Waals surface area contributed by atoms with E-state index < -0.39 is 18.2 Å². The third kappa shape index (κ3) is 7.08. The van der Waals surface area contributed by atoms with Gasteiger partial charge >= 0.3 is 12.1 Å². The Hall–Kier alpha value is -3.99. The van der Waals surface area contributed by atoms with Crippen LogP contribution in [0.4, 0.5) is 10.5 Å². The highest BCUT2D eigenvalue weighted by molar-refractivity contribution is 5.84. The zero-order valence-corrected chi connectivity index (χ0v) is 17.2. The molecule has 2 atom stereocenters. The molecule has 0 bridgehead atoms. The van der Waals surface area contributed by atoms with Crippen LogP contribution in [0.25, 0.3) is 0 Å². The molecule has 1 amide bonds. The van der Waals surface area contributed by atoms with Gasteiger partial charge < -0.3 is 19.7 Å². The van der Waals surface area contributed by atoms with E-state index in [4.69, 9.17) is 19.8 Å². The summed E-state index contributed by atoms with van der Waals surface area (Å²) in [6.45, 7) is 1.87. The average Bonchev–Trinajstić information content (AvgIpc) is 2.75. The Morgan fingerprint density at radius 2 is 1.94 bits per heavy atom. The molecule has 0 aliphatic rings. The summed E-state index contributed by atoms with van der Waals surface area (Å²) >= 11 is 0. The van der Waals surface area contributed by atoms with E-state index in [2.05, 4.69) is 5.32 Å². The molecular formula is C23H24N2O6. The molecule has 0 aliphatic heterocycles. The summed E-state index contributed by atoms with van der Waals surface area (Å²) in [7, 11) is 1.44. The number of anilines is 1. The predicted octanol–water partition coefficient (Wildman–Crippen LogP) is 4.62. The quantitative estimate of drug-likeness (QED) is 0.501. The highest BCUT2D eigenvalue weighted by atomic mass is 16.6. The molecule has 0 fully saturated rings. The van der Waals surface area contributed by atoms with E-state index in [0.717, 1.165) is 6.08 Å². The molecule has 2 aromatic rings. The number of ether oxygens (including phenoxy) is 2. The monoisotopic (exact) mass is 424 g/mol. The van der Waals surface area contributed by atoms with Crippen LogP contribution in [0, 0.1) is 17.2 Å². The molecule has 3 N–H and O–H groups in total. The minimum atomic E-state index is -1.03. The molecule has 0 aliphatic carbocycles. The maximum Gasteiger partial charge on any atom is 0.412 e. The lowest BCUT2D eigenvalue weighted by atomic mass is 9.92. The lowest BCUT2D eigenvalue weighted by Gasteiger charge is -2.25.